The van der Waals surface area contributed by atoms with Crippen molar-refractivity contribution in [3.05, 3.63) is 58.6 Å². The van der Waals surface area contributed by atoms with Gasteiger partial charge in [0.1, 0.15) is 22.9 Å². The van der Waals surface area contributed by atoms with Crippen molar-refractivity contribution in [2.75, 3.05) is 4.42 Å². The van der Waals surface area contributed by atoms with Crippen molar-refractivity contribution in [3.8, 4) is 5.75 Å². The number of ether oxygens (including phenoxy) is 2. The fraction of sp³-hybridized carbons (Fsp3) is 0.222. The molecule has 3 amide bonds. The number of nitrogens with one attached hydrogen (secondary N) is 1. The van der Waals surface area contributed by atoms with E-state index in [2.05, 4.69) is 9.47 Å². The van der Waals surface area contributed by atoms with E-state index in [1.165, 1.54) is 5.32 Å². The van der Waals surface area contributed by atoms with Gasteiger partial charge in [0.2, 0.25) is 0 Å². The molecule has 0 aliphatic heterocycles. The third-order valence-corrected chi connectivity index (χ3v) is 4.47. The number of hydrogen-bond donors (Lipinski definition) is 1. The third kappa shape index (κ3) is 6.61. The summed E-state index contributed by atoms with van der Waals surface area (Å²) in [5.41, 5.74) is -1.65. The van der Waals surface area contributed by atoms with Gasteiger partial charge in [0.05, 0.1) is 10.7 Å². The molecule has 0 aromatic heterocycles. The monoisotopic (exact) mass is 576 g/mol. The van der Waals surface area contributed by atoms with Gasteiger partial charge in [-0.05, 0) is 30.3 Å². The predicted molar refractivity (Wildman–Crippen MR) is 102 cm³/mol. The van der Waals surface area contributed by atoms with Crippen molar-refractivity contribution in [1.82, 2.24) is 5.32 Å². The molecular weight excluding hydrogens is 569 g/mol. The summed E-state index contributed by atoms with van der Waals surface area (Å²) in [6.45, 7) is 0. The lowest BCUT2D eigenvalue weighted by Crippen LogP contribution is -2.48. The van der Waals surface area contributed by atoms with E-state index in [0.717, 1.165) is 6.07 Å². The molecule has 0 aliphatic rings. The number of alkyl halides is 8. The van der Waals surface area contributed by atoms with Crippen molar-refractivity contribution in [2.45, 2.75) is 24.8 Å². The Morgan fingerprint density at radius 3 is 2.03 bits per heavy atom. The molecule has 0 aliphatic carbocycles. The number of anilines is 1. The van der Waals surface area contributed by atoms with Gasteiger partial charge in [0.15, 0.2) is 0 Å². The molecule has 0 spiro atoms. The molecule has 1 N–H and O–H groups in total. The number of imide groups is 1. The highest BCUT2D eigenvalue weighted by molar-refractivity contribution is 6.38. The minimum atomic E-state index is -6.52. The number of nitrogens with zero attached hydrogens (tertiary/aromatic N) is 1. The van der Waals surface area contributed by atoms with Gasteiger partial charge in [-0.3, -0.25) is 14.8 Å². The van der Waals surface area contributed by atoms with Crippen LogP contribution in [0.3, 0.4) is 0 Å². The summed E-state index contributed by atoms with van der Waals surface area (Å²) in [6, 6.07) is 2.54. The van der Waals surface area contributed by atoms with Crippen LogP contribution in [0.15, 0.2) is 36.4 Å². The van der Waals surface area contributed by atoms with E-state index in [0.29, 0.717) is 30.3 Å². The van der Waals surface area contributed by atoms with Crippen molar-refractivity contribution < 1.29 is 63.0 Å². The maximum atomic E-state index is 13.7. The lowest BCUT2D eigenvalue weighted by atomic mass is 10.2. The van der Waals surface area contributed by atoms with Gasteiger partial charge < -0.3 is 4.74 Å². The van der Waals surface area contributed by atoms with E-state index in [-0.39, 0.29) is 4.42 Å². The number of amides is 3. The van der Waals surface area contributed by atoms with Crippen LogP contribution in [0.25, 0.3) is 0 Å². The molecule has 18 heteroatoms. The smallest absolute Gasteiger partial charge is 0.427 e. The number of hydrogen-bond acceptors (Lipinski definition) is 4. The maximum Gasteiger partial charge on any atom is 0.483 e. The Bertz CT molecular complexity index is 1130. The van der Waals surface area contributed by atoms with Gasteiger partial charge in [-0.25, -0.2) is 22.4 Å². The molecule has 0 fully saturated rings. The largest absolute Gasteiger partial charge is 0.483 e. The highest BCUT2D eigenvalue weighted by Gasteiger charge is 2.64. The molecule has 1 unspecified atom stereocenters. The Morgan fingerprint density at radius 2 is 1.53 bits per heavy atom. The Kier molecular flexibility index (Phi) is 8.58. The van der Waals surface area contributed by atoms with Crippen LogP contribution < -0.4 is 14.5 Å². The van der Waals surface area contributed by atoms with Gasteiger partial charge in [-0.15, -0.1) is 0 Å². The highest BCUT2D eigenvalue weighted by Crippen LogP contribution is 2.41. The molecule has 2 aromatic carbocycles. The van der Waals surface area contributed by atoms with E-state index in [9.17, 15) is 53.5 Å². The van der Waals surface area contributed by atoms with Crippen LogP contribution in [0.1, 0.15) is 10.4 Å². The summed E-state index contributed by atoms with van der Waals surface area (Å²) in [7, 11) is 0. The first-order chi connectivity index (χ1) is 16.4. The molecule has 1 atom stereocenters. The van der Waals surface area contributed by atoms with Crippen molar-refractivity contribution in [1.29, 1.82) is 0 Å². The number of benzene rings is 2. The van der Waals surface area contributed by atoms with Crippen LogP contribution in [0.2, 0.25) is 5.02 Å². The first-order valence-electron chi connectivity index (χ1n) is 8.75. The zero-order valence-corrected chi connectivity index (χ0v) is 18.2. The van der Waals surface area contributed by atoms with Gasteiger partial charge in [0, 0.05) is 11.8 Å². The number of rotatable bonds is 7. The Labute approximate surface area is 203 Å². The van der Waals surface area contributed by atoms with Crippen molar-refractivity contribution in [2.24, 2.45) is 0 Å². The first kappa shape index (κ1) is 29.3. The van der Waals surface area contributed by atoms with Crippen LogP contribution in [-0.2, 0) is 4.74 Å². The summed E-state index contributed by atoms with van der Waals surface area (Å²) in [6.07, 6.45) is -22.8. The van der Waals surface area contributed by atoms with Crippen LogP contribution >= 0.6 is 23.4 Å². The van der Waals surface area contributed by atoms with Gasteiger partial charge in [-0.1, -0.05) is 17.7 Å². The maximum absolute atomic E-state index is 13.7. The normalized spacial score (nSPS) is 13.2. The second-order valence-corrected chi connectivity index (χ2v) is 7.11. The van der Waals surface area contributed by atoms with Crippen LogP contribution in [-0.4, -0.2) is 36.7 Å². The average molecular weight is 577 g/mol. The van der Waals surface area contributed by atoms with E-state index < -0.39 is 70.3 Å². The average Bonchev–Trinajstić information content (AvgIpc) is 2.73. The minimum absolute atomic E-state index is 0.0788. The predicted octanol–water partition coefficient (Wildman–Crippen LogP) is 6.57. The fourth-order valence-electron chi connectivity index (χ4n) is 2.19. The number of carbonyl (C=O) groups is 2. The molecule has 0 saturated heterocycles. The molecule has 0 heterocycles. The number of halogens is 12. The van der Waals surface area contributed by atoms with Gasteiger partial charge in [0.25, 0.3) is 5.91 Å². The minimum Gasteiger partial charge on any atom is -0.427 e. The van der Waals surface area contributed by atoms with E-state index in [4.69, 9.17) is 23.4 Å². The van der Waals surface area contributed by atoms with Crippen molar-refractivity contribution in [3.63, 3.8) is 0 Å². The Balaban J connectivity index is 2.14. The topological polar surface area (TPSA) is 67.9 Å². The third-order valence-electron chi connectivity index (χ3n) is 3.82. The SMILES string of the molecule is O=C(NC(=O)N(Cl)c1ccc(OC(F)(F)C(F)OC(F)(F)C(F)(F)F)c(Cl)c1)c1c(F)cccc1F. The number of carbonyl (C=O) groups excluding carboxylic acids is 2. The summed E-state index contributed by atoms with van der Waals surface area (Å²) in [4.78, 5) is 24.0. The zero-order valence-electron chi connectivity index (χ0n) is 16.7. The highest BCUT2D eigenvalue weighted by atomic mass is 35.5. The quantitative estimate of drug-likeness (QED) is 0.299. The molecule has 0 bridgehead atoms. The van der Waals surface area contributed by atoms with E-state index in [1.807, 2.05) is 0 Å². The molecule has 2 aromatic rings. The van der Waals surface area contributed by atoms with Crippen LogP contribution in [0.5, 0.6) is 5.75 Å². The first-order valence-corrected chi connectivity index (χ1v) is 9.47. The second-order valence-electron chi connectivity index (χ2n) is 6.36. The fourth-order valence-corrected chi connectivity index (χ4v) is 2.55. The molecule has 198 valence electrons. The van der Waals surface area contributed by atoms with Crippen LogP contribution in [0.4, 0.5) is 54.4 Å². The van der Waals surface area contributed by atoms with Gasteiger partial charge >= 0.3 is 30.8 Å². The second kappa shape index (κ2) is 10.6. The molecule has 36 heavy (non-hydrogen) atoms. The lowest BCUT2D eigenvalue weighted by Gasteiger charge is -2.26. The summed E-state index contributed by atoms with van der Waals surface area (Å²) >= 11 is 11.3. The molecular formula is C18H8Cl2F10N2O4. The van der Waals surface area contributed by atoms with Gasteiger partial charge in [-0.2, -0.15) is 30.7 Å². The van der Waals surface area contributed by atoms with Crippen molar-refractivity contribution >= 4 is 41.0 Å². The van der Waals surface area contributed by atoms with E-state index >= 15 is 0 Å². The summed E-state index contributed by atoms with van der Waals surface area (Å²) in [5, 5.41) is 0.600. The molecule has 6 nitrogen and oxygen atoms in total. The standard InChI is InChI=1S/C18H8Cl2F10N2O4/c19-8-6-7(32(20)15(34)31-13(33)12-9(21)2-1-3-10(12)22)4-5-11(8)35-16(24,25)14(23)36-18(29,30)17(26,27)28/h1-6,14H,(H,31,33,34). The Morgan fingerprint density at radius 1 is 0.972 bits per heavy atom. The Hall–Kier alpha value is -2.98. The molecule has 0 saturated carbocycles. The molecule has 0 radical (unpaired) electrons. The lowest BCUT2D eigenvalue weighted by molar-refractivity contribution is -0.442. The van der Waals surface area contributed by atoms with Crippen LogP contribution in [0, 0.1) is 11.6 Å². The summed E-state index contributed by atoms with van der Waals surface area (Å²) in [5.74, 6) is -5.40. The van der Waals surface area contributed by atoms with E-state index in [1.54, 1.807) is 0 Å². The molecule has 2 rings (SSSR count). The number of urea groups is 1. The zero-order chi connectivity index (χ0) is 27.6. The summed E-state index contributed by atoms with van der Waals surface area (Å²) < 4.78 is 136.